The van der Waals surface area contributed by atoms with Gasteiger partial charge in [0.2, 0.25) is 0 Å². The molecular formula is C32H35NO7. The molecule has 0 radical (unpaired) electrons. The van der Waals surface area contributed by atoms with E-state index in [1.807, 2.05) is 39.0 Å². The zero-order valence-electron chi connectivity index (χ0n) is 23.7. The van der Waals surface area contributed by atoms with Crippen LogP contribution in [0.4, 0.5) is 0 Å². The van der Waals surface area contributed by atoms with Crippen LogP contribution in [0.1, 0.15) is 48.1 Å². The van der Waals surface area contributed by atoms with Crippen LogP contribution in [-0.2, 0) is 9.59 Å². The van der Waals surface area contributed by atoms with Gasteiger partial charge in [0.25, 0.3) is 11.7 Å². The maximum atomic E-state index is 13.5. The Balaban J connectivity index is 1.77. The minimum Gasteiger partial charge on any atom is -0.507 e. The third-order valence-electron chi connectivity index (χ3n) is 7.06. The lowest BCUT2D eigenvalue weighted by molar-refractivity contribution is -0.140. The van der Waals surface area contributed by atoms with E-state index < -0.39 is 17.7 Å². The number of likely N-dealkylation sites (tertiary alicyclic amines) is 1. The average Bonchev–Trinajstić information content (AvgIpc) is 3.22. The summed E-state index contributed by atoms with van der Waals surface area (Å²) in [5.74, 6) is 0.986. The Kier molecular flexibility index (Phi) is 8.67. The highest BCUT2D eigenvalue weighted by atomic mass is 16.5. The van der Waals surface area contributed by atoms with Crippen molar-refractivity contribution in [1.82, 2.24) is 4.90 Å². The first kappa shape index (κ1) is 28.5. The fourth-order valence-electron chi connectivity index (χ4n) is 4.93. The molecule has 0 saturated carbocycles. The molecule has 0 bridgehead atoms. The van der Waals surface area contributed by atoms with Crippen LogP contribution < -0.4 is 18.9 Å². The maximum absolute atomic E-state index is 13.5. The Labute approximate surface area is 234 Å². The highest BCUT2D eigenvalue weighted by Gasteiger charge is 2.46. The van der Waals surface area contributed by atoms with Gasteiger partial charge in [-0.1, -0.05) is 26.0 Å². The summed E-state index contributed by atoms with van der Waals surface area (Å²) in [6.07, 6.45) is 0. The van der Waals surface area contributed by atoms with Crippen molar-refractivity contribution < 1.29 is 33.6 Å². The third-order valence-corrected chi connectivity index (χ3v) is 7.06. The molecule has 1 aliphatic rings. The number of ether oxygens (including phenoxy) is 4. The molecule has 8 heteroatoms. The Morgan fingerprint density at radius 1 is 0.900 bits per heavy atom. The second-order valence-corrected chi connectivity index (χ2v) is 9.86. The van der Waals surface area contributed by atoms with Gasteiger partial charge in [-0.05, 0) is 78.1 Å². The number of amides is 1. The first-order valence-electron chi connectivity index (χ1n) is 13.1. The number of ketones is 1. The van der Waals surface area contributed by atoms with E-state index in [1.54, 1.807) is 63.8 Å². The standard InChI is InChI=1S/C32H35NO7/c1-19(2)25-18-26(20(3)16-27(25)39-6)30(34)28-29(21-8-7-9-24(17-21)38-5)33(32(36)31(28)35)14-15-40-23-12-10-22(37-4)11-13-23/h7-13,16-19,29,34H,14-15H2,1-6H3/b30-28+. The van der Waals surface area contributed by atoms with E-state index in [0.29, 0.717) is 34.1 Å². The van der Waals surface area contributed by atoms with Crippen LogP contribution >= 0.6 is 0 Å². The second kappa shape index (κ2) is 12.2. The zero-order chi connectivity index (χ0) is 29.0. The fraction of sp³-hybridized carbons (Fsp3) is 0.312. The molecule has 0 aromatic heterocycles. The minimum atomic E-state index is -0.835. The van der Waals surface area contributed by atoms with Gasteiger partial charge < -0.3 is 29.0 Å². The number of nitrogens with zero attached hydrogens (tertiary/aromatic N) is 1. The number of aryl methyl sites for hydroxylation is 1. The monoisotopic (exact) mass is 545 g/mol. The summed E-state index contributed by atoms with van der Waals surface area (Å²) in [4.78, 5) is 28.3. The van der Waals surface area contributed by atoms with E-state index in [-0.39, 0.29) is 30.4 Å². The van der Waals surface area contributed by atoms with Crippen LogP contribution in [0.5, 0.6) is 23.0 Å². The number of carbonyl (C=O) groups is 2. The Morgan fingerprint density at radius 2 is 1.57 bits per heavy atom. The number of Topliss-reactive ketones (excluding diaryl/α,β-unsaturated/α-hetero) is 1. The van der Waals surface area contributed by atoms with Gasteiger partial charge in [0.15, 0.2) is 0 Å². The molecule has 0 spiro atoms. The van der Waals surface area contributed by atoms with Crippen molar-refractivity contribution in [2.75, 3.05) is 34.5 Å². The summed E-state index contributed by atoms with van der Waals surface area (Å²) in [5, 5.41) is 11.7. The van der Waals surface area contributed by atoms with Gasteiger partial charge in [-0.15, -0.1) is 0 Å². The van der Waals surface area contributed by atoms with Crippen molar-refractivity contribution >= 4 is 17.4 Å². The van der Waals surface area contributed by atoms with Crippen LogP contribution in [0.15, 0.2) is 66.2 Å². The number of rotatable bonds is 10. The molecule has 1 amide bonds. The predicted octanol–water partition coefficient (Wildman–Crippen LogP) is 5.64. The van der Waals surface area contributed by atoms with Gasteiger partial charge in [-0.3, -0.25) is 9.59 Å². The molecule has 1 unspecified atom stereocenters. The topological polar surface area (TPSA) is 94.5 Å². The average molecular weight is 546 g/mol. The van der Waals surface area contributed by atoms with E-state index >= 15 is 0 Å². The maximum Gasteiger partial charge on any atom is 0.295 e. The van der Waals surface area contributed by atoms with Crippen molar-refractivity contribution in [3.63, 3.8) is 0 Å². The highest BCUT2D eigenvalue weighted by Crippen LogP contribution is 2.42. The van der Waals surface area contributed by atoms with E-state index in [1.165, 1.54) is 4.90 Å². The van der Waals surface area contributed by atoms with Gasteiger partial charge in [0, 0.05) is 5.56 Å². The summed E-state index contributed by atoms with van der Waals surface area (Å²) in [6, 6.07) is 17.1. The summed E-state index contributed by atoms with van der Waals surface area (Å²) in [5.41, 5.74) is 2.74. The van der Waals surface area contributed by atoms with Crippen LogP contribution in [0, 0.1) is 6.92 Å². The Morgan fingerprint density at radius 3 is 2.20 bits per heavy atom. The smallest absolute Gasteiger partial charge is 0.295 e. The zero-order valence-corrected chi connectivity index (χ0v) is 23.7. The molecule has 3 aromatic rings. The molecule has 1 saturated heterocycles. The number of aliphatic hydroxyl groups is 1. The summed E-state index contributed by atoms with van der Waals surface area (Å²) in [7, 11) is 4.73. The minimum absolute atomic E-state index is 0.0191. The molecule has 40 heavy (non-hydrogen) atoms. The SMILES string of the molecule is COc1ccc(OCCN2C(=O)C(=O)/C(=C(/O)c3cc(C(C)C)c(OC)cc3C)C2c2cccc(OC)c2)cc1. The first-order valence-corrected chi connectivity index (χ1v) is 13.1. The van der Waals surface area contributed by atoms with Crippen molar-refractivity contribution in [3.8, 4) is 23.0 Å². The Bertz CT molecular complexity index is 1430. The quantitative estimate of drug-likeness (QED) is 0.200. The van der Waals surface area contributed by atoms with Crippen molar-refractivity contribution in [2.45, 2.75) is 32.7 Å². The fourth-order valence-corrected chi connectivity index (χ4v) is 4.93. The molecule has 4 rings (SSSR count). The largest absolute Gasteiger partial charge is 0.507 e. The Hall–Kier alpha value is -4.46. The molecule has 3 aromatic carbocycles. The number of aliphatic hydroxyl groups excluding tert-OH is 1. The summed E-state index contributed by atoms with van der Waals surface area (Å²) >= 11 is 0. The van der Waals surface area contributed by atoms with Crippen molar-refractivity contribution in [3.05, 3.63) is 88.5 Å². The number of carbonyl (C=O) groups excluding carboxylic acids is 2. The molecule has 1 fully saturated rings. The van der Waals surface area contributed by atoms with E-state index in [9.17, 15) is 14.7 Å². The molecule has 210 valence electrons. The normalized spacial score (nSPS) is 16.4. The number of hydrogen-bond acceptors (Lipinski definition) is 7. The summed E-state index contributed by atoms with van der Waals surface area (Å²) in [6.45, 7) is 6.14. The molecular weight excluding hydrogens is 510 g/mol. The lowest BCUT2D eigenvalue weighted by Gasteiger charge is -2.26. The van der Waals surface area contributed by atoms with Crippen molar-refractivity contribution in [2.24, 2.45) is 0 Å². The molecule has 1 atom stereocenters. The van der Waals surface area contributed by atoms with Gasteiger partial charge in [0.05, 0.1) is 39.5 Å². The molecule has 8 nitrogen and oxygen atoms in total. The number of benzene rings is 3. The lowest BCUT2D eigenvalue weighted by Crippen LogP contribution is -2.33. The van der Waals surface area contributed by atoms with Crippen LogP contribution in [0.2, 0.25) is 0 Å². The molecule has 0 aliphatic carbocycles. The van der Waals surface area contributed by atoms with E-state index in [0.717, 1.165) is 11.1 Å². The molecule has 1 aliphatic heterocycles. The highest BCUT2D eigenvalue weighted by molar-refractivity contribution is 6.46. The number of hydrogen-bond donors (Lipinski definition) is 1. The summed E-state index contributed by atoms with van der Waals surface area (Å²) < 4.78 is 22.0. The molecule has 1 N–H and O–H groups in total. The van der Waals surface area contributed by atoms with Crippen LogP contribution in [0.3, 0.4) is 0 Å². The van der Waals surface area contributed by atoms with E-state index in [2.05, 4.69) is 0 Å². The van der Waals surface area contributed by atoms with Crippen molar-refractivity contribution in [1.29, 1.82) is 0 Å². The van der Waals surface area contributed by atoms with Gasteiger partial charge in [-0.25, -0.2) is 0 Å². The van der Waals surface area contributed by atoms with Crippen LogP contribution in [0.25, 0.3) is 5.76 Å². The van der Waals surface area contributed by atoms with Gasteiger partial charge in [-0.2, -0.15) is 0 Å². The van der Waals surface area contributed by atoms with E-state index in [4.69, 9.17) is 18.9 Å². The van der Waals surface area contributed by atoms with Gasteiger partial charge >= 0.3 is 0 Å². The van der Waals surface area contributed by atoms with Crippen LogP contribution in [-0.4, -0.2) is 56.2 Å². The molecule has 1 heterocycles. The van der Waals surface area contributed by atoms with Gasteiger partial charge in [0.1, 0.15) is 35.4 Å². The lowest BCUT2D eigenvalue weighted by atomic mass is 9.91. The number of methoxy groups -OCH3 is 3. The second-order valence-electron chi connectivity index (χ2n) is 9.86. The third kappa shape index (κ3) is 5.61. The predicted molar refractivity (Wildman–Crippen MR) is 152 cm³/mol. The first-order chi connectivity index (χ1) is 19.2.